The lowest BCUT2D eigenvalue weighted by molar-refractivity contribution is 0.102. The number of nitrogens with zero attached hydrogens (tertiary/aromatic N) is 2. The van der Waals surface area contributed by atoms with E-state index in [9.17, 15) is 14.4 Å². The summed E-state index contributed by atoms with van der Waals surface area (Å²) in [6.45, 7) is 8.88. The summed E-state index contributed by atoms with van der Waals surface area (Å²) in [5.41, 5.74) is 7.08. The normalized spacial score (nSPS) is 16.7. The van der Waals surface area contributed by atoms with Crippen LogP contribution in [-0.4, -0.2) is 47.7 Å². The molecule has 264 valence electrons. The largest absolute Gasteiger partial charge is 0.493 e. The highest BCUT2D eigenvalue weighted by molar-refractivity contribution is 6.04. The highest BCUT2D eigenvalue weighted by atomic mass is 16.5. The fourth-order valence-electron chi connectivity index (χ4n) is 6.87. The number of aromatic nitrogens is 2. The van der Waals surface area contributed by atoms with E-state index in [2.05, 4.69) is 40.0 Å². The third-order valence-electron chi connectivity index (χ3n) is 10.0. The maximum atomic E-state index is 13.3. The van der Waals surface area contributed by atoms with Crippen molar-refractivity contribution in [2.75, 3.05) is 32.6 Å². The van der Waals surface area contributed by atoms with E-state index in [1.807, 2.05) is 31.2 Å². The molecule has 1 aromatic heterocycles. The van der Waals surface area contributed by atoms with Crippen molar-refractivity contribution in [3.8, 4) is 11.5 Å². The predicted molar refractivity (Wildman–Crippen MR) is 203 cm³/mol. The van der Waals surface area contributed by atoms with Crippen LogP contribution in [0.15, 0.2) is 94.1 Å². The monoisotopic (exact) mass is 686 g/mol. The van der Waals surface area contributed by atoms with Crippen molar-refractivity contribution >= 4 is 23.7 Å². The molecule has 0 fully saturated rings. The van der Waals surface area contributed by atoms with Crippen molar-refractivity contribution in [3.05, 3.63) is 144 Å². The Hall–Kier alpha value is -5.41. The lowest BCUT2D eigenvalue weighted by Crippen LogP contribution is -2.52. The van der Waals surface area contributed by atoms with E-state index >= 15 is 0 Å². The maximum absolute atomic E-state index is 13.3. The van der Waals surface area contributed by atoms with E-state index in [-0.39, 0.29) is 22.4 Å². The van der Waals surface area contributed by atoms with E-state index in [1.165, 1.54) is 26.8 Å². The summed E-state index contributed by atoms with van der Waals surface area (Å²) in [6.07, 6.45) is 10.1. The third kappa shape index (κ3) is 8.32. The van der Waals surface area contributed by atoms with Crippen LogP contribution < -0.4 is 36.6 Å². The molecule has 2 aliphatic rings. The number of hydrogen-bond acceptors (Lipinski definition) is 6. The quantitative estimate of drug-likeness (QED) is 0.231. The average molecular weight is 687 g/mol. The lowest BCUT2D eigenvalue weighted by atomic mass is 9.85. The summed E-state index contributed by atoms with van der Waals surface area (Å²) in [5, 5.41) is 3.44. The molecule has 0 saturated heterocycles. The van der Waals surface area contributed by atoms with Gasteiger partial charge >= 0.3 is 0 Å². The topological polar surface area (TPSA) is 106 Å². The van der Waals surface area contributed by atoms with Crippen LogP contribution >= 0.6 is 0 Å². The number of H-pyrrole nitrogens is 1. The van der Waals surface area contributed by atoms with Crippen LogP contribution in [0.4, 0.5) is 5.69 Å². The van der Waals surface area contributed by atoms with Gasteiger partial charge in [0.2, 0.25) is 0 Å². The van der Waals surface area contributed by atoms with Gasteiger partial charge in [-0.3, -0.25) is 19.3 Å². The van der Waals surface area contributed by atoms with Gasteiger partial charge in [0, 0.05) is 37.9 Å². The second-order valence-corrected chi connectivity index (χ2v) is 13.5. The lowest BCUT2D eigenvalue weighted by Gasteiger charge is -2.29. The third-order valence-corrected chi connectivity index (χ3v) is 10.0. The highest BCUT2D eigenvalue weighted by Crippen LogP contribution is 2.33. The number of carbonyl (C=O) groups excluding carboxylic acids is 1. The van der Waals surface area contributed by atoms with Crippen LogP contribution in [0.5, 0.6) is 11.5 Å². The number of aromatic amines is 1. The molecule has 3 aromatic carbocycles. The second-order valence-electron chi connectivity index (χ2n) is 13.5. The molecule has 2 N–H and O–H groups in total. The fraction of sp³-hybridized carbons (Fsp3) is 0.310. The zero-order valence-electron chi connectivity index (χ0n) is 29.9. The van der Waals surface area contributed by atoms with Gasteiger partial charge in [-0.15, -0.1) is 0 Å². The first-order chi connectivity index (χ1) is 24.6. The van der Waals surface area contributed by atoms with Crippen LogP contribution in [0.1, 0.15) is 58.8 Å². The van der Waals surface area contributed by atoms with E-state index in [0.29, 0.717) is 28.1 Å². The number of carbonyl (C=O) groups is 1. The Morgan fingerprint density at radius 3 is 2.43 bits per heavy atom. The molecular weight excluding hydrogens is 640 g/mol. The van der Waals surface area contributed by atoms with Gasteiger partial charge in [-0.2, -0.15) is 0 Å². The molecule has 0 saturated carbocycles. The minimum Gasteiger partial charge on any atom is -0.493 e. The summed E-state index contributed by atoms with van der Waals surface area (Å²) >= 11 is 0. The molecule has 9 heteroatoms. The number of ether oxygens (including phenoxy) is 2. The molecule has 1 atom stereocenters. The van der Waals surface area contributed by atoms with Gasteiger partial charge in [-0.1, -0.05) is 42.5 Å². The molecule has 1 amide bonds. The summed E-state index contributed by atoms with van der Waals surface area (Å²) in [7, 11) is 4.94. The number of anilines is 1. The molecule has 0 spiro atoms. The molecule has 1 aliphatic carbocycles. The number of hydrogen-bond donors (Lipinski definition) is 2. The van der Waals surface area contributed by atoms with E-state index in [1.54, 1.807) is 57.7 Å². The van der Waals surface area contributed by atoms with Crippen molar-refractivity contribution in [2.45, 2.75) is 45.6 Å². The molecule has 0 radical (unpaired) electrons. The van der Waals surface area contributed by atoms with E-state index in [4.69, 9.17) is 9.47 Å². The molecule has 9 nitrogen and oxygen atoms in total. The number of allylic oxidation sites excluding steroid dienone is 3. The molecule has 6 rings (SSSR count). The smallest absolute Gasteiger partial charge is 0.274 e. The number of nitrogens with one attached hydrogen (secondary N) is 2. The van der Waals surface area contributed by atoms with Gasteiger partial charge in [0.15, 0.2) is 11.5 Å². The summed E-state index contributed by atoms with van der Waals surface area (Å²) < 4.78 is 12.4. The number of benzene rings is 3. The van der Waals surface area contributed by atoms with Crippen LogP contribution in [-0.2, 0) is 26.4 Å². The van der Waals surface area contributed by atoms with Gasteiger partial charge < -0.3 is 24.3 Å². The van der Waals surface area contributed by atoms with Crippen molar-refractivity contribution in [3.63, 3.8) is 0 Å². The summed E-state index contributed by atoms with van der Waals surface area (Å²) in [4.78, 5) is 44.8. The molecule has 4 aromatic rings. The van der Waals surface area contributed by atoms with Crippen LogP contribution in [0.2, 0.25) is 0 Å². The van der Waals surface area contributed by atoms with Crippen molar-refractivity contribution in [2.24, 2.45) is 13.0 Å². The molecule has 0 unspecified atom stereocenters. The second kappa shape index (κ2) is 15.6. The zero-order chi connectivity index (χ0) is 36.1. The predicted octanol–water partition coefficient (Wildman–Crippen LogP) is 4.86. The SMILES string of the molecule is C=C(C)[C@@H]1CC=C(/C=c2/c(=O)[nH]/c(=C\c3cccc(C(=O)Nc4ccc(CCN5CCc6cc(OC)c(OC)cc6C5)cc4)c3)c(=O)n2C)CC1. The molecule has 2 heterocycles. The number of rotatable bonds is 10. The number of amides is 1. The first-order valence-corrected chi connectivity index (χ1v) is 17.5. The Morgan fingerprint density at radius 2 is 1.75 bits per heavy atom. The maximum Gasteiger partial charge on any atom is 0.274 e. The first kappa shape index (κ1) is 35.4. The average Bonchev–Trinajstić information content (AvgIpc) is 3.14. The Bertz CT molecular complexity index is 2230. The number of methoxy groups -OCH3 is 2. The van der Waals surface area contributed by atoms with Gasteiger partial charge in [-0.05, 0) is 121 Å². The minimum atomic E-state index is -0.341. The van der Waals surface area contributed by atoms with E-state index in [0.717, 1.165) is 68.8 Å². The summed E-state index contributed by atoms with van der Waals surface area (Å²) in [5.74, 6) is 1.72. The molecule has 51 heavy (non-hydrogen) atoms. The van der Waals surface area contributed by atoms with Crippen molar-refractivity contribution < 1.29 is 14.3 Å². The standard InChI is InChI=1S/C42H46N4O5/c1-27(2)31-13-9-29(10-14-31)23-37-41(48)44-36(42(49)45(37)3)22-30-7-6-8-33(21-30)40(47)43-35-15-11-28(12-16-35)17-19-46-20-18-32-24-38(50-4)39(51-5)25-34(32)26-46/h6-9,11-12,15-16,21-25,31H,1,10,13-14,17-20,26H2,2-5H3,(H,43,47)(H,44,48)/b36-22-,37-23-/t31-/m1/s1. The Balaban J connectivity index is 1.09. The van der Waals surface area contributed by atoms with Gasteiger partial charge in [0.1, 0.15) is 10.7 Å². The van der Waals surface area contributed by atoms with Gasteiger partial charge in [-0.25, -0.2) is 0 Å². The Labute approximate surface area is 298 Å². The van der Waals surface area contributed by atoms with Crippen molar-refractivity contribution in [1.29, 1.82) is 0 Å². The Morgan fingerprint density at radius 1 is 1.00 bits per heavy atom. The first-order valence-electron chi connectivity index (χ1n) is 17.5. The van der Waals surface area contributed by atoms with Crippen LogP contribution in [0.3, 0.4) is 0 Å². The number of fused-ring (bicyclic) bond motifs is 1. The van der Waals surface area contributed by atoms with E-state index < -0.39 is 0 Å². The van der Waals surface area contributed by atoms with Gasteiger partial charge in [0.25, 0.3) is 17.0 Å². The highest BCUT2D eigenvalue weighted by Gasteiger charge is 2.19. The molecule has 1 aliphatic heterocycles. The van der Waals surface area contributed by atoms with Crippen LogP contribution in [0.25, 0.3) is 12.2 Å². The molecule has 0 bridgehead atoms. The minimum absolute atomic E-state index is 0.154. The Kier molecular flexibility index (Phi) is 10.9. The zero-order valence-corrected chi connectivity index (χ0v) is 29.9. The van der Waals surface area contributed by atoms with Crippen molar-refractivity contribution in [1.82, 2.24) is 14.5 Å². The summed E-state index contributed by atoms with van der Waals surface area (Å²) in [6, 6.07) is 19.1. The van der Waals surface area contributed by atoms with Gasteiger partial charge in [0.05, 0.1) is 14.2 Å². The van der Waals surface area contributed by atoms with Crippen LogP contribution in [0, 0.1) is 5.92 Å². The fourth-order valence-corrected chi connectivity index (χ4v) is 6.87. The molecular formula is C42H46N4O5.